The van der Waals surface area contributed by atoms with Gasteiger partial charge >= 0.3 is 0 Å². The third kappa shape index (κ3) is 10.3. The molecule has 0 amide bonds. The number of hydrogen-bond donors (Lipinski definition) is 2. The summed E-state index contributed by atoms with van der Waals surface area (Å²) in [5.74, 6) is 0.942. The number of rotatable bonds is 9. The van der Waals surface area contributed by atoms with E-state index in [-0.39, 0.29) is 35.1 Å². The molecule has 1 aromatic heterocycles. The smallest absolute Gasteiger partial charge is 0.190 e. The first-order chi connectivity index (χ1) is 11.5. The molecule has 0 fully saturated rings. The Labute approximate surface area is 175 Å². The molecule has 0 aliphatic heterocycles. The van der Waals surface area contributed by atoms with E-state index in [4.69, 9.17) is 0 Å². The lowest BCUT2D eigenvalue weighted by Gasteiger charge is -2.25. The second kappa shape index (κ2) is 11.1. The van der Waals surface area contributed by atoms with Crippen LogP contribution in [0.5, 0.6) is 0 Å². The van der Waals surface area contributed by atoms with Crippen LogP contribution < -0.4 is 10.6 Å². The van der Waals surface area contributed by atoms with Crippen molar-refractivity contribution in [3.05, 3.63) is 17.5 Å². The first kappa shape index (κ1) is 25.2. The Balaban J connectivity index is 0.00000625. The van der Waals surface area contributed by atoms with Crippen molar-refractivity contribution < 1.29 is 8.42 Å². The van der Waals surface area contributed by atoms with Crippen LogP contribution in [-0.2, 0) is 16.4 Å². The first-order valence-corrected chi connectivity index (χ1v) is 10.7. The lowest BCUT2D eigenvalue weighted by molar-refractivity contribution is 0.348. The van der Waals surface area contributed by atoms with Gasteiger partial charge in [0.1, 0.15) is 9.84 Å². The van der Waals surface area contributed by atoms with Crippen LogP contribution in [0.2, 0.25) is 0 Å². The van der Waals surface area contributed by atoms with Gasteiger partial charge in [-0.05, 0) is 38.2 Å². The maximum atomic E-state index is 11.3. The molecule has 0 unspecified atom stereocenters. The number of halogens is 1. The number of sulfone groups is 1. The highest BCUT2D eigenvalue weighted by atomic mass is 127. The second-order valence-corrected chi connectivity index (χ2v) is 9.66. The molecule has 7 nitrogen and oxygen atoms in total. The van der Waals surface area contributed by atoms with Crippen molar-refractivity contribution in [2.45, 2.75) is 47.1 Å². The van der Waals surface area contributed by atoms with Crippen LogP contribution in [0.15, 0.2) is 11.1 Å². The summed E-state index contributed by atoms with van der Waals surface area (Å²) in [5, 5.41) is 11.0. The molecule has 0 aliphatic rings. The van der Waals surface area contributed by atoms with Crippen molar-refractivity contribution >= 4 is 39.8 Å². The normalized spacial score (nSPS) is 12.6. The lowest BCUT2D eigenvalue weighted by Crippen LogP contribution is -2.42. The van der Waals surface area contributed by atoms with E-state index in [0.29, 0.717) is 13.0 Å². The third-order valence-electron chi connectivity index (χ3n) is 4.05. The third-order valence-corrected chi connectivity index (χ3v) is 5.00. The Morgan fingerprint density at radius 2 is 1.96 bits per heavy atom. The van der Waals surface area contributed by atoms with E-state index in [9.17, 15) is 8.42 Å². The summed E-state index contributed by atoms with van der Waals surface area (Å²) in [7, 11) is -1.19. The van der Waals surface area contributed by atoms with Gasteiger partial charge in [-0.25, -0.2) is 8.42 Å². The molecule has 1 rings (SSSR count). The quantitative estimate of drug-likeness (QED) is 0.235. The highest BCUT2D eigenvalue weighted by molar-refractivity contribution is 14.0. The van der Waals surface area contributed by atoms with Crippen LogP contribution >= 0.6 is 24.0 Å². The van der Waals surface area contributed by atoms with E-state index in [2.05, 4.69) is 47.6 Å². The molecular formula is C17H34IN5O2S. The zero-order valence-electron chi connectivity index (χ0n) is 16.8. The topological polar surface area (TPSA) is 88.4 Å². The van der Waals surface area contributed by atoms with Crippen LogP contribution in [0.25, 0.3) is 0 Å². The van der Waals surface area contributed by atoms with E-state index in [0.717, 1.165) is 31.2 Å². The number of hydrogen-bond acceptors (Lipinski definition) is 4. The van der Waals surface area contributed by atoms with Crippen LogP contribution in [0.4, 0.5) is 0 Å². The molecule has 2 N–H and O–H groups in total. The predicted octanol–water partition coefficient (Wildman–Crippen LogP) is 2.13. The Kier molecular flexibility index (Phi) is 10.7. The second-order valence-electron chi connectivity index (χ2n) is 7.40. The average Bonchev–Trinajstić information content (AvgIpc) is 2.82. The van der Waals surface area contributed by atoms with Crippen molar-refractivity contribution in [3.63, 3.8) is 0 Å². The fraction of sp³-hybridized carbons (Fsp3) is 0.765. The van der Waals surface area contributed by atoms with E-state index in [1.807, 2.05) is 11.6 Å². The first-order valence-electron chi connectivity index (χ1n) is 8.66. The molecule has 9 heteroatoms. The van der Waals surface area contributed by atoms with Gasteiger partial charge in [-0.1, -0.05) is 13.8 Å². The van der Waals surface area contributed by atoms with Gasteiger partial charge in [0, 0.05) is 38.6 Å². The standard InChI is InChI=1S/C17H33N5O2S.HI/c1-14-12-15(2)22(21-14)10-7-9-19-16(18-5)20-13-17(3,4)8-11-25(6,23)24;/h12H,7-11,13H2,1-6H3,(H2,18,19,20);1H. The van der Waals surface area contributed by atoms with Gasteiger partial charge < -0.3 is 10.6 Å². The largest absolute Gasteiger partial charge is 0.356 e. The molecule has 0 saturated carbocycles. The van der Waals surface area contributed by atoms with Crippen molar-refractivity contribution in [1.29, 1.82) is 0 Å². The van der Waals surface area contributed by atoms with Gasteiger partial charge in [-0.15, -0.1) is 24.0 Å². The zero-order valence-corrected chi connectivity index (χ0v) is 19.9. The minimum Gasteiger partial charge on any atom is -0.356 e. The highest BCUT2D eigenvalue weighted by Crippen LogP contribution is 2.19. The van der Waals surface area contributed by atoms with Crippen LogP contribution in [0.1, 0.15) is 38.1 Å². The van der Waals surface area contributed by atoms with Gasteiger partial charge in [0.15, 0.2) is 5.96 Å². The molecule has 0 aromatic carbocycles. The molecule has 1 aromatic rings. The maximum Gasteiger partial charge on any atom is 0.190 e. The van der Waals surface area contributed by atoms with E-state index >= 15 is 0 Å². The predicted molar refractivity (Wildman–Crippen MR) is 119 cm³/mol. The maximum absolute atomic E-state index is 11.3. The molecule has 152 valence electrons. The molecule has 0 aliphatic carbocycles. The Bertz CT molecular complexity index is 683. The molecule has 0 bridgehead atoms. The number of aromatic nitrogens is 2. The lowest BCUT2D eigenvalue weighted by atomic mass is 9.90. The van der Waals surface area contributed by atoms with Gasteiger partial charge in [-0.2, -0.15) is 5.10 Å². The van der Waals surface area contributed by atoms with Gasteiger partial charge in [0.25, 0.3) is 0 Å². The van der Waals surface area contributed by atoms with Gasteiger partial charge in [-0.3, -0.25) is 9.67 Å². The number of nitrogens with one attached hydrogen (secondary N) is 2. The number of nitrogens with zero attached hydrogens (tertiary/aromatic N) is 3. The minimum atomic E-state index is -2.93. The van der Waals surface area contributed by atoms with Crippen molar-refractivity contribution in [2.75, 3.05) is 32.1 Å². The molecule has 26 heavy (non-hydrogen) atoms. The Morgan fingerprint density at radius 1 is 1.31 bits per heavy atom. The van der Waals surface area contributed by atoms with E-state index in [1.54, 1.807) is 7.05 Å². The number of aryl methyl sites for hydroxylation is 3. The van der Waals surface area contributed by atoms with Gasteiger partial charge in [0.2, 0.25) is 0 Å². The Morgan fingerprint density at radius 3 is 2.46 bits per heavy atom. The SMILES string of the molecule is CN=C(NCCCn1nc(C)cc1C)NCC(C)(C)CCS(C)(=O)=O.I. The summed E-state index contributed by atoms with van der Waals surface area (Å²) in [5.41, 5.74) is 2.09. The molecule has 0 spiro atoms. The van der Waals surface area contributed by atoms with E-state index in [1.165, 1.54) is 11.9 Å². The summed E-state index contributed by atoms with van der Waals surface area (Å²) in [6, 6.07) is 2.08. The van der Waals surface area contributed by atoms with Crippen molar-refractivity contribution in [3.8, 4) is 0 Å². The van der Waals surface area contributed by atoms with Crippen LogP contribution in [0, 0.1) is 19.3 Å². The number of aliphatic imine (C=N–C) groups is 1. The Hall–Kier alpha value is -0.840. The van der Waals surface area contributed by atoms with Crippen molar-refractivity contribution in [2.24, 2.45) is 10.4 Å². The van der Waals surface area contributed by atoms with Crippen molar-refractivity contribution in [1.82, 2.24) is 20.4 Å². The number of guanidine groups is 1. The summed E-state index contributed by atoms with van der Waals surface area (Å²) in [6.07, 6.45) is 2.84. The van der Waals surface area contributed by atoms with Gasteiger partial charge in [0.05, 0.1) is 11.4 Å². The fourth-order valence-electron chi connectivity index (χ4n) is 2.43. The van der Waals surface area contributed by atoms with Crippen LogP contribution in [0.3, 0.4) is 0 Å². The average molecular weight is 499 g/mol. The monoisotopic (exact) mass is 499 g/mol. The van der Waals surface area contributed by atoms with Crippen LogP contribution in [-0.4, -0.2) is 56.3 Å². The molecule has 0 atom stereocenters. The summed E-state index contributed by atoms with van der Waals surface area (Å²) >= 11 is 0. The highest BCUT2D eigenvalue weighted by Gasteiger charge is 2.20. The van der Waals surface area contributed by atoms with E-state index < -0.39 is 9.84 Å². The summed E-state index contributed by atoms with van der Waals surface area (Å²) in [6.45, 7) is 10.5. The summed E-state index contributed by atoms with van der Waals surface area (Å²) < 4.78 is 24.7. The molecular weight excluding hydrogens is 465 g/mol. The molecule has 0 saturated heterocycles. The molecule has 1 heterocycles. The zero-order chi connectivity index (χ0) is 19.1. The summed E-state index contributed by atoms with van der Waals surface area (Å²) in [4.78, 5) is 4.22. The fourth-order valence-corrected chi connectivity index (χ4v) is 3.35. The molecule has 0 radical (unpaired) electrons. The minimum absolute atomic E-state index is 0.